The highest BCUT2D eigenvalue weighted by Gasteiger charge is 2.46. The Bertz CT molecular complexity index is 763. The standard InChI is InChI=1S/C16H16FN3OS2/c17-14-12(2-1-4-19-14)10-6-13(22-8-10)16-3-5-21-7-11(16)9-23-15(18)20-16/h1-2,4,6,8,11H,3,5,7,9H2,(H2,18,20)/t11-,16-/m0/s1. The Morgan fingerprint density at radius 3 is 3.22 bits per heavy atom. The van der Waals surface area contributed by atoms with E-state index >= 15 is 0 Å². The zero-order chi connectivity index (χ0) is 15.9. The molecule has 0 aromatic carbocycles. The number of thiophene rings is 1. The lowest BCUT2D eigenvalue weighted by Gasteiger charge is -2.42. The van der Waals surface area contributed by atoms with Gasteiger partial charge in [-0.3, -0.25) is 0 Å². The van der Waals surface area contributed by atoms with E-state index in [0.29, 0.717) is 29.9 Å². The topological polar surface area (TPSA) is 60.5 Å². The molecule has 1 saturated heterocycles. The number of nitrogens with two attached hydrogens (primary N) is 1. The van der Waals surface area contributed by atoms with Gasteiger partial charge in [-0.25, -0.2) is 9.98 Å². The number of nitrogens with zero attached hydrogens (tertiary/aromatic N) is 2. The molecule has 0 spiro atoms. The molecule has 7 heteroatoms. The van der Waals surface area contributed by atoms with Crippen LogP contribution in [0.15, 0.2) is 34.8 Å². The third kappa shape index (κ3) is 2.56. The van der Waals surface area contributed by atoms with Gasteiger partial charge in [0.25, 0.3) is 0 Å². The van der Waals surface area contributed by atoms with Crippen molar-refractivity contribution in [2.24, 2.45) is 16.6 Å². The number of thioether (sulfide) groups is 1. The van der Waals surface area contributed by atoms with Gasteiger partial charge in [-0.2, -0.15) is 4.39 Å². The van der Waals surface area contributed by atoms with E-state index in [4.69, 9.17) is 15.5 Å². The van der Waals surface area contributed by atoms with Gasteiger partial charge in [-0.05, 0) is 29.1 Å². The number of hydrogen-bond acceptors (Lipinski definition) is 6. The van der Waals surface area contributed by atoms with Gasteiger partial charge in [0, 0.05) is 41.3 Å². The Morgan fingerprint density at radius 2 is 2.35 bits per heavy atom. The Labute approximate surface area is 142 Å². The lowest BCUT2D eigenvalue weighted by molar-refractivity contribution is 0.0114. The normalized spacial score (nSPS) is 27.3. The van der Waals surface area contributed by atoms with Crippen LogP contribution in [0.3, 0.4) is 0 Å². The highest BCUT2D eigenvalue weighted by molar-refractivity contribution is 8.13. The smallest absolute Gasteiger partial charge is 0.220 e. The van der Waals surface area contributed by atoms with E-state index in [-0.39, 0.29) is 5.54 Å². The molecule has 0 unspecified atom stereocenters. The van der Waals surface area contributed by atoms with Crippen molar-refractivity contribution in [1.29, 1.82) is 0 Å². The first kappa shape index (κ1) is 15.1. The third-order valence-corrected chi connectivity index (χ3v) is 6.51. The van der Waals surface area contributed by atoms with Crippen molar-refractivity contribution in [1.82, 2.24) is 4.98 Å². The summed E-state index contributed by atoms with van der Waals surface area (Å²) in [6, 6.07) is 5.54. The SMILES string of the molecule is NC1=N[C@@]2(c3cc(-c4cccnc4F)cs3)CCOC[C@H]2CS1. The zero-order valence-corrected chi connectivity index (χ0v) is 14.0. The van der Waals surface area contributed by atoms with Crippen LogP contribution >= 0.6 is 23.1 Å². The number of aromatic nitrogens is 1. The molecule has 4 rings (SSSR count). The van der Waals surface area contributed by atoms with Gasteiger partial charge >= 0.3 is 0 Å². The van der Waals surface area contributed by atoms with Gasteiger partial charge in [0.05, 0.1) is 6.61 Å². The number of halogens is 1. The second-order valence-corrected chi connectivity index (χ2v) is 7.70. The van der Waals surface area contributed by atoms with Crippen molar-refractivity contribution in [3.63, 3.8) is 0 Å². The Balaban J connectivity index is 1.78. The zero-order valence-electron chi connectivity index (χ0n) is 12.4. The molecule has 23 heavy (non-hydrogen) atoms. The Kier molecular flexibility index (Phi) is 3.87. The van der Waals surface area contributed by atoms with Crippen LogP contribution in [0, 0.1) is 11.9 Å². The highest BCUT2D eigenvalue weighted by atomic mass is 32.2. The summed E-state index contributed by atoms with van der Waals surface area (Å²) >= 11 is 3.20. The van der Waals surface area contributed by atoms with Crippen LogP contribution in [0.4, 0.5) is 4.39 Å². The van der Waals surface area contributed by atoms with Crippen molar-refractivity contribution < 1.29 is 9.13 Å². The summed E-state index contributed by atoms with van der Waals surface area (Å²) in [7, 11) is 0. The summed E-state index contributed by atoms with van der Waals surface area (Å²) < 4.78 is 19.6. The number of fused-ring (bicyclic) bond motifs is 1. The summed E-state index contributed by atoms with van der Waals surface area (Å²) in [5, 5.41) is 2.61. The number of hydrogen-bond donors (Lipinski definition) is 1. The lowest BCUT2D eigenvalue weighted by Crippen LogP contribution is -2.46. The molecule has 2 aliphatic heterocycles. The Morgan fingerprint density at radius 1 is 1.43 bits per heavy atom. The molecule has 1 fully saturated rings. The average Bonchev–Trinajstić information content (AvgIpc) is 3.05. The molecule has 0 aliphatic carbocycles. The predicted octanol–water partition coefficient (Wildman–Crippen LogP) is 3.24. The number of aliphatic imine (C=N–C) groups is 1. The van der Waals surface area contributed by atoms with Crippen molar-refractivity contribution in [3.8, 4) is 11.1 Å². The first-order valence-corrected chi connectivity index (χ1v) is 9.31. The van der Waals surface area contributed by atoms with Gasteiger partial charge in [0.15, 0.2) is 5.17 Å². The molecule has 4 nitrogen and oxygen atoms in total. The van der Waals surface area contributed by atoms with Crippen molar-refractivity contribution in [2.75, 3.05) is 19.0 Å². The summed E-state index contributed by atoms with van der Waals surface area (Å²) in [5.74, 6) is 0.767. The highest BCUT2D eigenvalue weighted by Crippen LogP contribution is 2.48. The molecule has 2 aliphatic rings. The predicted molar refractivity (Wildman–Crippen MR) is 92.2 cm³/mol. The first-order valence-electron chi connectivity index (χ1n) is 7.45. The first-order chi connectivity index (χ1) is 11.2. The van der Waals surface area contributed by atoms with Crippen LogP contribution in [-0.2, 0) is 10.3 Å². The molecule has 2 N–H and O–H groups in total. The molecule has 2 aromatic heterocycles. The van der Waals surface area contributed by atoms with Gasteiger partial charge < -0.3 is 10.5 Å². The second kappa shape index (κ2) is 5.89. The molecule has 4 heterocycles. The molecule has 0 amide bonds. The number of rotatable bonds is 2. The van der Waals surface area contributed by atoms with Gasteiger partial charge in [0.1, 0.15) is 5.54 Å². The molecule has 2 aromatic rings. The minimum Gasteiger partial charge on any atom is -0.381 e. The third-order valence-electron chi connectivity index (χ3n) is 4.46. The Hall–Kier alpha value is -1.44. The quantitative estimate of drug-likeness (QED) is 0.846. The molecule has 120 valence electrons. The molecular formula is C16H16FN3OS2. The minimum absolute atomic E-state index is 0.304. The fourth-order valence-corrected chi connectivity index (χ4v) is 5.36. The molecule has 0 radical (unpaired) electrons. The number of amidine groups is 1. The number of pyridine rings is 1. The van der Waals surface area contributed by atoms with Crippen molar-refractivity contribution in [3.05, 3.63) is 40.6 Å². The van der Waals surface area contributed by atoms with Crippen LogP contribution < -0.4 is 5.73 Å². The lowest BCUT2D eigenvalue weighted by atomic mass is 9.80. The van der Waals surface area contributed by atoms with E-state index in [2.05, 4.69) is 4.98 Å². The van der Waals surface area contributed by atoms with Gasteiger partial charge in [-0.15, -0.1) is 11.3 Å². The molecule has 0 saturated carbocycles. The van der Waals surface area contributed by atoms with E-state index in [0.717, 1.165) is 22.6 Å². The van der Waals surface area contributed by atoms with E-state index in [1.807, 2.05) is 11.4 Å². The molecule has 0 bridgehead atoms. The largest absolute Gasteiger partial charge is 0.381 e. The monoisotopic (exact) mass is 349 g/mol. The van der Waals surface area contributed by atoms with Crippen LogP contribution in [0.25, 0.3) is 11.1 Å². The van der Waals surface area contributed by atoms with Crippen molar-refractivity contribution >= 4 is 28.3 Å². The molecular weight excluding hydrogens is 333 g/mol. The maximum Gasteiger partial charge on any atom is 0.220 e. The fourth-order valence-electron chi connectivity index (χ4n) is 3.23. The molecule has 2 atom stereocenters. The second-order valence-electron chi connectivity index (χ2n) is 5.75. The minimum atomic E-state index is -0.444. The van der Waals surface area contributed by atoms with Crippen LogP contribution in [-0.4, -0.2) is 29.1 Å². The average molecular weight is 349 g/mol. The maximum atomic E-state index is 13.9. The van der Waals surface area contributed by atoms with E-state index in [9.17, 15) is 4.39 Å². The van der Waals surface area contributed by atoms with E-state index in [1.54, 1.807) is 35.2 Å². The van der Waals surface area contributed by atoms with Crippen LogP contribution in [0.2, 0.25) is 0 Å². The summed E-state index contributed by atoms with van der Waals surface area (Å²) in [6.07, 6.45) is 2.27. The number of ether oxygens (including phenoxy) is 1. The van der Waals surface area contributed by atoms with E-state index < -0.39 is 5.95 Å². The summed E-state index contributed by atoms with van der Waals surface area (Å²) in [5.41, 5.74) is 7.06. The maximum absolute atomic E-state index is 13.9. The van der Waals surface area contributed by atoms with Crippen LogP contribution in [0.5, 0.6) is 0 Å². The van der Waals surface area contributed by atoms with E-state index in [1.165, 1.54) is 6.20 Å². The summed E-state index contributed by atoms with van der Waals surface area (Å²) in [6.45, 7) is 1.37. The van der Waals surface area contributed by atoms with Gasteiger partial charge in [-0.1, -0.05) is 11.8 Å². The van der Waals surface area contributed by atoms with Gasteiger partial charge in [0.2, 0.25) is 5.95 Å². The van der Waals surface area contributed by atoms with Crippen LogP contribution in [0.1, 0.15) is 11.3 Å². The fraction of sp³-hybridized carbons (Fsp3) is 0.375. The van der Waals surface area contributed by atoms with Crippen molar-refractivity contribution in [2.45, 2.75) is 12.0 Å². The summed E-state index contributed by atoms with van der Waals surface area (Å²) in [4.78, 5) is 9.68.